The van der Waals surface area contributed by atoms with Gasteiger partial charge in [0, 0.05) is 35.1 Å². The zero-order valence-corrected chi connectivity index (χ0v) is 25.6. The third kappa shape index (κ3) is 10.5. The van der Waals surface area contributed by atoms with Gasteiger partial charge in [-0.2, -0.15) is 0 Å². The van der Waals surface area contributed by atoms with E-state index >= 15 is 0 Å². The van der Waals surface area contributed by atoms with Crippen molar-refractivity contribution >= 4 is 32.4 Å². The molecule has 0 radical (unpaired) electrons. The van der Waals surface area contributed by atoms with E-state index in [1.807, 2.05) is 63.7 Å². The molecule has 4 heterocycles. The van der Waals surface area contributed by atoms with Gasteiger partial charge in [0.05, 0.1) is 11.4 Å². The molecule has 200 valence electrons. The number of nitrogens with one attached hydrogen (secondary N) is 3. The SMILES string of the molecule is CC1=C(C)OCCN1.CC1=C(C)Oc2ccccc2N1.CC1=C(C)SCCN1.CC1=C(C)[Se]CCO1. The van der Waals surface area contributed by atoms with E-state index < -0.39 is 0 Å². The van der Waals surface area contributed by atoms with Gasteiger partial charge in [-0.3, -0.25) is 0 Å². The number of fused-ring (bicyclic) bond motifs is 1. The van der Waals surface area contributed by atoms with Crippen LogP contribution in [0.2, 0.25) is 5.32 Å². The Bertz CT molecular complexity index is 855. The second-order valence-electron chi connectivity index (χ2n) is 8.63. The molecule has 0 bridgehead atoms. The molecule has 0 unspecified atom stereocenters. The zero-order chi connectivity index (χ0) is 26.5. The van der Waals surface area contributed by atoms with Gasteiger partial charge < -0.3 is 25.4 Å². The van der Waals surface area contributed by atoms with Crippen molar-refractivity contribution in [2.75, 3.05) is 37.4 Å². The zero-order valence-electron chi connectivity index (χ0n) is 23.1. The van der Waals surface area contributed by atoms with Crippen LogP contribution in [0.15, 0.2) is 68.0 Å². The molecule has 8 heteroatoms. The number of hydrogen-bond donors (Lipinski definition) is 3. The van der Waals surface area contributed by atoms with Crippen LogP contribution < -0.4 is 20.7 Å². The summed E-state index contributed by atoms with van der Waals surface area (Å²) in [6, 6.07) is 7.92. The molecular formula is C28H43N3O3SSe. The number of benzene rings is 1. The van der Waals surface area contributed by atoms with Gasteiger partial charge in [0.15, 0.2) is 0 Å². The second kappa shape index (κ2) is 15.9. The second-order valence-corrected chi connectivity index (χ2v) is 12.7. The summed E-state index contributed by atoms with van der Waals surface area (Å²) in [7, 11) is 0. The van der Waals surface area contributed by atoms with Crippen molar-refractivity contribution in [1.29, 1.82) is 0 Å². The van der Waals surface area contributed by atoms with Gasteiger partial charge >= 0.3 is 55.7 Å². The minimum atomic E-state index is 0.738. The Hall–Kier alpha value is -2.15. The first kappa shape index (κ1) is 30.1. The third-order valence-electron chi connectivity index (χ3n) is 5.89. The van der Waals surface area contributed by atoms with Gasteiger partial charge in [-0.05, 0) is 53.7 Å². The van der Waals surface area contributed by atoms with Crippen LogP contribution in [-0.4, -0.2) is 47.0 Å². The third-order valence-corrected chi connectivity index (χ3v) is 9.33. The summed E-state index contributed by atoms with van der Waals surface area (Å²) in [5, 5.41) is 11.0. The number of para-hydroxylation sites is 2. The van der Waals surface area contributed by atoms with Gasteiger partial charge in [0.25, 0.3) is 0 Å². The van der Waals surface area contributed by atoms with E-state index in [2.05, 4.69) is 43.6 Å². The Kier molecular flexibility index (Phi) is 13.2. The summed E-state index contributed by atoms with van der Waals surface area (Å²) in [5.74, 6) is 5.25. The average Bonchev–Trinajstić information content (AvgIpc) is 2.87. The molecular weight excluding hydrogens is 537 g/mol. The van der Waals surface area contributed by atoms with E-state index in [1.165, 1.54) is 26.1 Å². The van der Waals surface area contributed by atoms with E-state index in [1.54, 1.807) is 0 Å². The van der Waals surface area contributed by atoms with Gasteiger partial charge in [-0.25, -0.2) is 0 Å². The van der Waals surface area contributed by atoms with Crippen LogP contribution in [0.25, 0.3) is 0 Å². The van der Waals surface area contributed by atoms with Gasteiger partial charge in [-0.15, -0.1) is 11.8 Å². The Morgan fingerprint density at radius 1 is 0.750 bits per heavy atom. The molecule has 5 rings (SSSR count). The fourth-order valence-corrected chi connectivity index (χ4v) is 5.48. The van der Waals surface area contributed by atoms with E-state index in [4.69, 9.17) is 14.2 Å². The maximum absolute atomic E-state index is 5.56. The summed E-state index contributed by atoms with van der Waals surface area (Å²) in [5.41, 5.74) is 4.63. The van der Waals surface area contributed by atoms with E-state index in [-0.39, 0.29) is 0 Å². The molecule has 0 fully saturated rings. The molecule has 1 aromatic carbocycles. The Morgan fingerprint density at radius 3 is 1.97 bits per heavy atom. The molecule has 0 saturated carbocycles. The Morgan fingerprint density at radius 2 is 1.44 bits per heavy atom. The first-order valence-electron chi connectivity index (χ1n) is 12.4. The van der Waals surface area contributed by atoms with Gasteiger partial charge in [0.1, 0.15) is 23.9 Å². The molecule has 0 aromatic heterocycles. The number of rotatable bonds is 0. The average molecular weight is 581 g/mol. The molecule has 36 heavy (non-hydrogen) atoms. The molecule has 0 spiro atoms. The van der Waals surface area contributed by atoms with E-state index in [9.17, 15) is 0 Å². The van der Waals surface area contributed by atoms with E-state index in [0.29, 0.717) is 0 Å². The molecule has 4 aliphatic rings. The van der Waals surface area contributed by atoms with Crippen molar-refractivity contribution in [3.63, 3.8) is 0 Å². The summed E-state index contributed by atoms with van der Waals surface area (Å²) < 4.78 is 17.5. The van der Waals surface area contributed by atoms with Crippen LogP contribution in [0.5, 0.6) is 5.75 Å². The molecule has 0 aliphatic carbocycles. The van der Waals surface area contributed by atoms with Crippen LogP contribution in [0.1, 0.15) is 55.4 Å². The van der Waals surface area contributed by atoms with Gasteiger partial charge in [-0.1, -0.05) is 12.1 Å². The Balaban J connectivity index is 0.000000173. The minimum absolute atomic E-state index is 0.738. The van der Waals surface area contributed by atoms with Crippen molar-refractivity contribution in [1.82, 2.24) is 10.6 Å². The predicted molar refractivity (Wildman–Crippen MR) is 155 cm³/mol. The van der Waals surface area contributed by atoms with Gasteiger partial charge in [0.2, 0.25) is 0 Å². The van der Waals surface area contributed by atoms with Crippen molar-refractivity contribution in [2.45, 2.75) is 60.7 Å². The monoisotopic (exact) mass is 581 g/mol. The molecule has 6 nitrogen and oxygen atoms in total. The predicted octanol–water partition coefficient (Wildman–Crippen LogP) is 6.56. The van der Waals surface area contributed by atoms with Crippen molar-refractivity contribution in [3.05, 3.63) is 68.0 Å². The number of hydrogen-bond acceptors (Lipinski definition) is 7. The van der Waals surface area contributed by atoms with Crippen LogP contribution >= 0.6 is 11.8 Å². The Labute approximate surface area is 228 Å². The van der Waals surface area contributed by atoms with Crippen LogP contribution in [0, 0.1) is 0 Å². The summed E-state index contributed by atoms with van der Waals surface area (Å²) in [4.78, 5) is 1.44. The van der Waals surface area contributed by atoms with Crippen molar-refractivity contribution in [3.8, 4) is 5.75 Å². The number of allylic oxidation sites excluding steroid dienone is 8. The standard InChI is InChI=1S/C10H11NO.C6H11NO.C6H11NS.C6H10OSe/c1-7-8(2)12-10-6-4-3-5-9(10)11-7;3*1-5-6(2)8-4-3-7-5/h3-6,11H,1-2H3;2*7H,3-4H2,1-2H3;3-4H2,1-2H3. The molecule has 3 N–H and O–H groups in total. The van der Waals surface area contributed by atoms with Crippen molar-refractivity contribution in [2.24, 2.45) is 0 Å². The summed E-state index contributed by atoms with van der Waals surface area (Å²) >= 11 is 2.68. The normalized spacial score (nSPS) is 18.6. The molecule has 0 amide bonds. The molecule has 0 saturated heterocycles. The van der Waals surface area contributed by atoms with Crippen LogP contribution in [0.3, 0.4) is 0 Å². The first-order chi connectivity index (χ1) is 17.2. The topological polar surface area (TPSA) is 63.8 Å². The summed E-state index contributed by atoms with van der Waals surface area (Å²) in [6.45, 7) is 20.3. The molecule has 0 atom stereocenters. The first-order valence-corrected chi connectivity index (χ1v) is 15.5. The number of ether oxygens (including phenoxy) is 3. The van der Waals surface area contributed by atoms with E-state index in [0.717, 1.165) is 81.4 Å². The molecule has 4 aliphatic heterocycles. The number of thioether (sulfide) groups is 1. The fourth-order valence-electron chi connectivity index (χ4n) is 3.13. The maximum atomic E-state index is 5.56. The fraction of sp³-hybridized carbons (Fsp3) is 0.500. The number of anilines is 1. The molecule has 1 aromatic rings. The quantitative estimate of drug-likeness (QED) is 0.300. The van der Waals surface area contributed by atoms with Crippen molar-refractivity contribution < 1.29 is 14.2 Å². The van der Waals surface area contributed by atoms with Crippen LogP contribution in [0.4, 0.5) is 5.69 Å². The van der Waals surface area contributed by atoms with Crippen LogP contribution in [-0.2, 0) is 9.47 Å². The summed E-state index contributed by atoms with van der Waals surface area (Å²) in [6.07, 6.45) is 0.